The van der Waals surface area contributed by atoms with E-state index in [9.17, 15) is 14.4 Å². The van der Waals surface area contributed by atoms with Gasteiger partial charge in [0.05, 0.1) is 17.7 Å². The molecule has 0 saturated heterocycles. The number of imide groups is 1. The number of aromatic nitrogens is 4. The molecule has 0 unspecified atom stereocenters. The molecule has 174 valence electrons. The molecule has 35 heavy (non-hydrogen) atoms. The smallest absolute Gasteiger partial charge is 0.261 e. The third-order valence-electron chi connectivity index (χ3n) is 5.22. The monoisotopic (exact) mass is 485 g/mol. The molecule has 0 fully saturated rings. The summed E-state index contributed by atoms with van der Waals surface area (Å²) in [6.07, 6.45) is 0. The second-order valence-corrected chi connectivity index (χ2v) is 8.94. The fraction of sp³-hybridized carbons (Fsp3) is 0.125. The van der Waals surface area contributed by atoms with Gasteiger partial charge >= 0.3 is 0 Å². The highest BCUT2D eigenvalue weighted by atomic mass is 32.1. The number of nitrogens with zero attached hydrogens (tertiary/aromatic N) is 5. The van der Waals surface area contributed by atoms with E-state index in [1.54, 1.807) is 42.5 Å². The van der Waals surface area contributed by atoms with Crippen LogP contribution in [0, 0.1) is 13.8 Å². The van der Waals surface area contributed by atoms with Gasteiger partial charge in [0.15, 0.2) is 0 Å². The minimum Gasteiger partial charge on any atom is -0.324 e. The molecule has 0 saturated carbocycles. The Morgan fingerprint density at radius 3 is 2.29 bits per heavy atom. The van der Waals surface area contributed by atoms with Gasteiger partial charge < -0.3 is 5.32 Å². The van der Waals surface area contributed by atoms with Gasteiger partial charge in [-0.3, -0.25) is 24.6 Å². The van der Waals surface area contributed by atoms with E-state index in [4.69, 9.17) is 0 Å². The van der Waals surface area contributed by atoms with Crippen LogP contribution in [0.15, 0.2) is 54.6 Å². The van der Waals surface area contributed by atoms with Gasteiger partial charge in [-0.1, -0.05) is 29.5 Å². The van der Waals surface area contributed by atoms with E-state index in [0.29, 0.717) is 33.3 Å². The molecule has 1 aliphatic heterocycles. The van der Waals surface area contributed by atoms with Crippen LogP contribution in [0.5, 0.6) is 0 Å². The fourth-order valence-electron chi connectivity index (χ4n) is 3.70. The predicted molar refractivity (Wildman–Crippen MR) is 130 cm³/mol. The highest BCUT2D eigenvalue weighted by Gasteiger charge is 2.35. The van der Waals surface area contributed by atoms with Crippen LogP contribution in [0.3, 0.4) is 0 Å². The number of hydrogen-bond acceptors (Lipinski definition) is 9. The van der Waals surface area contributed by atoms with Gasteiger partial charge in [0.25, 0.3) is 17.7 Å². The van der Waals surface area contributed by atoms with Crippen molar-refractivity contribution in [1.29, 1.82) is 0 Å². The number of anilines is 3. The van der Waals surface area contributed by atoms with Gasteiger partial charge in [-0.25, -0.2) is 9.97 Å². The Morgan fingerprint density at radius 2 is 1.60 bits per heavy atom. The number of nitrogens with one attached hydrogen (secondary N) is 2. The number of carbonyl (C=O) groups excluding carboxylic acids is 3. The Bertz CT molecular complexity index is 1430. The number of amides is 3. The van der Waals surface area contributed by atoms with Crippen molar-refractivity contribution in [2.75, 3.05) is 10.6 Å². The quantitative estimate of drug-likeness (QED) is 0.395. The Hall–Kier alpha value is -4.51. The first-order valence-corrected chi connectivity index (χ1v) is 11.5. The number of fused-ring (bicyclic) bond motifs is 1. The van der Waals surface area contributed by atoms with Crippen LogP contribution >= 0.6 is 11.3 Å². The van der Waals surface area contributed by atoms with Crippen molar-refractivity contribution in [3.63, 3.8) is 0 Å². The van der Waals surface area contributed by atoms with Gasteiger partial charge in [-0.15, -0.1) is 10.2 Å². The number of benzene rings is 2. The van der Waals surface area contributed by atoms with E-state index in [1.165, 1.54) is 0 Å². The summed E-state index contributed by atoms with van der Waals surface area (Å²) >= 11 is 1.10. The van der Waals surface area contributed by atoms with Gasteiger partial charge in [0, 0.05) is 22.6 Å². The summed E-state index contributed by atoms with van der Waals surface area (Å²) in [5.41, 5.74) is 3.47. The molecule has 0 aliphatic carbocycles. The fourth-order valence-corrected chi connectivity index (χ4v) is 4.43. The van der Waals surface area contributed by atoms with Crippen LogP contribution in [-0.4, -0.2) is 42.8 Å². The third kappa shape index (κ3) is 4.62. The van der Waals surface area contributed by atoms with Crippen molar-refractivity contribution in [3.8, 4) is 0 Å². The van der Waals surface area contributed by atoms with E-state index in [2.05, 4.69) is 30.8 Å². The Morgan fingerprint density at radius 1 is 0.914 bits per heavy atom. The normalized spacial score (nSPS) is 12.6. The van der Waals surface area contributed by atoms with Crippen molar-refractivity contribution >= 4 is 45.8 Å². The zero-order valence-electron chi connectivity index (χ0n) is 18.8. The maximum Gasteiger partial charge on any atom is 0.261 e. The van der Waals surface area contributed by atoms with Crippen LogP contribution in [0.4, 0.5) is 16.8 Å². The first-order valence-electron chi connectivity index (χ1n) is 10.7. The molecule has 1 aliphatic rings. The lowest BCUT2D eigenvalue weighted by molar-refractivity contribution is 0.0641. The van der Waals surface area contributed by atoms with E-state index in [-0.39, 0.29) is 29.4 Å². The zero-order chi connectivity index (χ0) is 24.5. The zero-order valence-corrected chi connectivity index (χ0v) is 19.6. The average Bonchev–Trinajstić information content (AvgIpc) is 3.37. The van der Waals surface area contributed by atoms with Crippen molar-refractivity contribution in [3.05, 3.63) is 87.7 Å². The van der Waals surface area contributed by atoms with E-state index < -0.39 is 0 Å². The highest BCUT2D eigenvalue weighted by molar-refractivity contribution is 7.15. The maximum absolute atomic E-state index is 12.8. The number of rotatable bonds is 6. The van der Waals surface area contributed by atoms with Crippen LogP contribution in [0.25, 0.3) is 0 Å². The van der Waals surface area contributed by atoms with E-state index in [1.807, 2.05) is 26.0 Å². The van der Waals surface area contributed by atoms with Crippen LogP contribution in [0.1, 0.15) is 47.5 Å². The lowest BCUT2D eigenvalue weighted by atomic mass is 10.1. The molecule has 10 nitrogen and oxygen atoms in total. The summed E-state index contributed by atoms with van der Waals surface area (Å²) in [5.74, 6) is -0.674. The lowest BCUT2D eigenvalue weighted by Crippen LogP contribution is -2.29. The second kappa shape index (κ2) is 9.03. The molecule has 2 N–H and O–H groups in total. The standard InChI is InChI=1S/C24H19N7O3S/c1-13-10-14(2)26-23(25-13)27-16-7-5-6-15(11-16)20(32)28-24-30-29-19(35-24)12-31-21(33)17-8-3-4-9-18(17)22(31)34/h3-11H,12H2,1-2H3,(H,25,26,27)(H,28,30,32). The van der Waals surface area contributed by atoms with Crippen LogP contribution in [0.2, 0.25) is 0 Å². The van der Waals surface area contributed by atoms with Crippen molar-refractivity contribution in [1.82, 2.24) is 25.1 Å². The second-order valence-electron chi connectivity index (χ2n) is 7.88. The Labute approximate surface area is 204 Å². The molecule has 3 amide bonds. The SMILES string of the molecule is Cc1cc(C)nc(Nc2cccc(C(=O)Nc3nnc(CN4C(=O)c5ccccc5C4=O)s3)c2)n1. The first-order chi connectivity index (χ1) is 16.9. The molecular formula is C24H19N7O3S. The van der Waals surface area contributed by atoms with Crippen molar-refractivity contribution in [2.24, 2.45) is 0 Å². The third-order valence-corrected chi connectivity index (χ3v) is 6.05. The molecule has 2 aromatic heterocycles. The van der Waals surface area contributed by atoms with Crippen molar-refractivity contribution < 1.29 is 14.4 Å². The average molecular weight is 486 g/mol. The molecule has 0 radical (unpaired) electrons. The minimum atomic E-state index is -0.376. The van der Waals surface area contributed by atoms with Crippen molar-refractivity contribution in [2.45, 2.75) is 20.4 Å². The van der Waals surface area contributed by atoms with Gasteiger partial charge in [-0.2, -0.15) is 0 Å². The summed E-state index contributed by atoms with van der Waals surface area (Å²) in [6.45, 7) is 3.75. The summed E-state index contributed by atoms with van der Waals surface area (Å²) < 4.78 is 0. The summed E-state index contributed by atoms with van der Waals surface area (Å²) in [7, 11) is 0. The molecule has 3 heterocycles. The molecule has 0 bridgehead atoms. The topological polar surface area (TPSA) is 130 Å². The van der Waals surface area contributed by atoms with Crippen LogP contribution in [-0.2, 0) is 6.54 Å². The largest absolute Gasteiger partial charge is 0.324 e. The molecule has 2 aromatic carbocycles. The van der Waals surface area contributed by atoms with Gasteiger partial charge in [0.2, 0.25) is 11.1 Å². The van der Waals surface area contributed by atoms with Gasteiger partial charge in [0.1, 0.15) is 5.01 Å². The van der Waals surface area contributed by atoms with E-state index in [0.717, 1.165) is 27.6 Å². The molecule has 0 atom stereocenters. The number of aryl methyl sites for hydroxylation is 2. The molecule has 0 spiro atoms. The van der Waals surface area contributed by atoms with Crippen LogP contribution < -0.4 is 10.6 Å². The number of carbonyl (C=O) groups is 3. The summed E-state index contributed by atoms with van der Waals surface area (Å²) in [5, 5.41) is 14.5. The maximum atomic E-state index is 12.8. The first kappa shape index (κ1) is 22.3. The minimum absolute atomic E-state index is 0.0187. The lowest BCUT2D eigenvalue weighted by Gasteiger charge is -2.10. The Kier molecular flexibility index (Phi) is 5.75. The molecule has 5 rings (SSSR count). The molecular weight excluding hydrogens is 466 g/mol. The predicted octanol–water partition coefficient (Wildman–Crippen LogP) is 3.74. The summed E-state index contributed by atoms with van der Waals surface area (Å²) in [4.78, 5) is 47.7. The van der Waals surface area contributed by atoms with E-state index >= 15 is 0 Å². The highest BCUT2D eigenvalue weighted by Crippen LogP contribution is 2.26. The number of hydrogen-bond donors (Lipinski definition) is 2. The molecule has 11 heteroatoms. The van der Waals surface area contributed by atoms with Gasteiger partial charge in [-0.05, 0) is 50.2 Å². The summed E-state index contributed by atoms with van der Waals surface area (Å²) in [6, 6.07) is 15.4. The Balaban J connectivity index is 1.25. The molecule has 4 aromatic rings.